The molecular weight excluding hydrogens is 384 g/mol. The zero-order valence-electron chi connectivity index (χ0n) is 11.7. The molecular formula is C14H13BrN4OS2. The van der Waals surface area contributed by atoms with Crippen molar-refractivity contribution in [1.82, 2.24) is 20.3 Å². The molecule has 0 radical (unpaired) electrons. The van der Waals surface area contributed by atoms with Crippen molar-refractivity contribution in [1.29, 1.82) is 0 Å². The van der Waals surface area contributed by atoms with E-state index >= 15 is 0 Å². The fraction of sp³-hybridized carbons (Fsp3) is 0.214. The summed E-state index contributed by atoms with van der Waals surface area (Å²) in [5.41, 5.74) is 1.50. The molecule has 1 amide bonds. The number of aromatic amines is 1. The first-order chi connectivity index (χ1) is 10.6. The largest absolute Gasteiger partial charge is 0.350 e. The first kappa shape index (κ1) is 15.5. The van der Waals surface area contributed by atoms with E-state index in [1.165, 1.54) is 11.8 Å². The van der Waals surface area contributed by atoms with Gasteiger partial charge >= 0.3 is 0 Å². The van der Waals surface area contributed by atoms with Gasteiger partial charge in [-0.1, -0.05) is 17.8 Å². The number of aromatic nitrogens is 3. The van der Waals surface area contributed by atoms with E-state index in [0.717, 1.165) is 14.9 Å². The Morgan fingerprint density at radius 1 is 1.59 bits per heavy atom. The lowest BCUT2D eigenvalue weighted by Gasteiger charge is -2.09. The number of carbonyl (C=O) groups excluding carboxylic acids is 1. The first-order valence-corrected chi connectivity index (χ1v) is 9.15. The van der Waals surface area contributed by atoms with Gasteiger partial charge in [0.1, 0.15) is 0 Å². The van der Waals surface area contributed by atoms with Crippen LogP contribution in [0.3, 0.4) is 0 Å². The van der Waals surface area contributed by atoms with Crippen molar-refractivity contribution in [2.75, 3.05) is 0 Å². The third kappa shape index (κ3) is 3.68. The number of pyridine rings is 1. The summed E-state index contributed by atoms with van der Waals surface area (Å²) in [6.45, 7) is 2.43. The molecule has 0 aliphatic rings. The number of rotatable bonds is 5. The predicted molar refractivity (Wildman–Crippen MR) is 93.1 cm³/mol. The van der Waals surface area contributed by atoms with E-state index in [1.54, 1.807) is 17.5 Å². The summed E-state index contributed by atoms with van der Waals surface area (Å²) in [4.78, 5) is 25.0. The van der Waals surface area contributed by atoms with Crippen LogP contribution in [0.5, 0.6) is 0 Å². The third-order valence-corrected chi connectivity index (χ3v) is 5.25. The second kappa shape index (κ2) is 6.80. The minimum atomic E-state index is -0.232. The maximum absolute atomic E-state index is 12.1. The van der Waals surface area contributed by atoms with E-state index in [0.29, 0.717) is 17.3 Å². The van der Waals surface area contributed by atoms with Gasteiger partial charge < -0.3 is 10.3 Å². The Balaban J connectivity index is 1.61. The molecule has 0 saturated carbocycles. The molecule has 2 N–H and O–H groups in total. The monoisotopic (exact) mass is 396 g/mol. The highest BCUT2D eigenvalue weighted by Gasteiger charge is 2.16. The Labute approximate surface area is 144 Å². The standard InChI is InChI=1S/C14H13BrN4OS2/c1-8(13(20)17-7-10-3-2-4-21-10)22-14-18-11-5-9(15)6-16-12(11)19-14/h2-6,8H,7H2,1H3,(H,17,20)(H,16,18,19)/t8-/m1/s1. The third-order valence-electron chi connectivity index (χ3n) is 2.96. The van der Waals surface area contributed by atoms with Crippen molar-refractivity contribution in [2.24, 2.45) is 0 Å². The Morgan fingerprint density at radius 3 is 3.23 bits per heavy atom. The highest BCUT2D eigenvalue weighted by Crippen LogP contribution is 2.24. The lowest BCUT2D eigenvalue weighted by Crippen LogP contribution is -2.30. The molecule has 3 aromatic heterocycles. The quantitative estimate of drug-likeness (QED) is 0.646. The molecule has 0 aromatic carbocycles. The summed E-state index contributed by atoms with van der Waals surface area (Å²) in [5.74, 6) is -0.00649. The van der Waals surface area contributed by atoms with Gasteiger partial charge in [-0.3, -0.25) is 4.79 Å². The molecule has 0 spiro atoms. The number of imidazole rings is 1. The van der Waals surface area contributed by atoms with Gasteiger partial charge in [0.2, 0.25) is 5.91 Å². The number of carbonyl (C=O) groups is 1. The van der Waals surface area contributed by atoms with Crippen LogP contribution in [-0.2, 0) is 11.3 Å². The number of nitrogens with one attached hydrogen (secondary N) is 2. The van der Waals surface area contributed by atoms with Gasteiger partial charge in [0, 0.05) is 15.5 Å². The van der Waals surface area contributed by atoms with Crippen molar-refractivity contribution in [2.45, 2.75) is 23.9 Å². The predicted octanol–water partition coefficient (Wildman–Crippen LogP) is 3.58. The van der Waals surface area contributed by atoms with Gasteiger partial charge in [0.25, 0.3) is 0 Å². The summed E-state index contributed by atoms with van der Waals surface area (Å²) in [7, 11) is 0. The molecule has 0 unspecified atom stereocenters. The van der Waals surface area contributed by atoms with Gasteiger partial charge in [-0.25, -0.2) is 9.97 Å². The van der Waals surface area contributed by atoms with Crippen molar-refractivity contribution < 1.29 is 4.79 Å². The van der Waals surface area contributed by atoms with Gasteiger partial charge in [0.15, 0.2) is 10.8 Å². The number of nitrogens with zero attached hydrogens (tertiary/aromatic N) is 2. The molecule has 0 fully saturated rings. The number of amides is 1. The Morgan fingerprint density at radius 2 is 2.45 bits per heavy atom. The van der Waals surface area contributed by atoms with Crippen LogP contribution in [0.25, 0.3) is 11.2 Å². The van der Waals surface area contributed by atoms with Crippen molar-refractivity contribution in [3.05, 3.63) is 39.1 Å². The molecule has 0 saturated heterocycles. The average Bonchev–Trinajstić information content (AvgIpc) is 3.12. The zero-order chi connectivity index (χ0) is 15.5. The zero-order valence-corrected chi connectivity index (χ0v) is 14.9. The van der Waals surface area contributed by atoms with Gasteiger partial charge in [-0.05, 0) is 40.4 Å². The van der Waals surface area contributed by atoms with Gasteiger partial charge in [-0.2, -0.15) is 0 Å². The smallest absolute Gasteiger partial charge is 0.233 e. The summed E-state index contributed by atoms with van der Waals surface area (Å²) in [6, 6.07) is 5.90. The van der Waals surface area contributed by atoms with Crippen molar-refractivity contribution >= 4 is 56.1 Å². The second-order valence-electron chi connectivity index (χ2n) is 4.62. The molecule has 0 aliphatic carbocycles. The maximum atomic E-state index is 12.1. The van der Waals surface area contributed by atoms with Crippen LogP contribution in [-0.4, -0.2) is 26.1 Å². The fourth-order valence-electron chi connectivity index (χ4n) is 1.86. The molecule has 3 heterocycles. The molecule has 114 valence electrons. The molecule has 8 heteroatoms. The van der Waals surface area contributed by atoms with Crippen molar-refractivity contribution in [3.8, 4) is 0 Å². The Bertz CT molecular complexity index is 787. The second-order valence-corrected chi connectivity index (χ2v) is 7.90. The summed E-state index contributed by atoms with van der Waals surface area (Å²) >= 11 is 6.40. The molecule has 3 aromatic rings. The van der Waals surface area contributed by atoms with Crippen molar-refractivity contribution in [3.63, 3.8) is 0 Å². The van der Waals surface area contributed by atoms with Crippen LogP contribution in [0.15, 0.2) is 39.4 Å². The van der Waals surface area contributed by atoms with E-state index in [1.807, 2.05) is 30.5 Å². The molecule has 1 atom stereocenters. The summed E-state index contributed by atoms with van der Waals surface area (Å²) in [5, 5.41) is 5.39. The number of fused-ring (bicyclic) bond motifs is 1. The number of halogens is 1. The number of thioether (sulfide) groups is 1. The van der Waals surface area contributed by atoms with Crippen LogP contribution in [0.2, 0.25) is 0 Å². The Kier molecular flexibility index (Phi) is 4.80. The van der Waals surface area contributed by atoms with E-state index < -0.39 is 0 Å². The van der Waals surface area contributed by atoms with Gasteiger partial charge in [-0.15, -0.1) is 11.3 Å². The molecule has 5 nitrogen and oxygen atoms in total. The molecule has 0 aliphatic heterocycles. The normalized spacial score (nSPS) is 12.5. The minimum absolute atomic E-state index is 0.00649. The molecule has 0 bridgehead atoms. The molecule has 3 rings (SSSR count). The maximum Gasteiger partial charge on any atom is 0.233 e. The number of hydrogen-bond acceptors (Lipinski definition) is 5. The highest BCUT2D eigenvalue weighted by molar-refractivity contribution is 9.10. The minimum Gasteiger partial charge on any atom is -0.350 e. The van der Waals surface area contributed by atoms with E-state index in [2.05, 4.69) is 36.2 Å². The van der Waals surface area contributed by atoms with E-state index in [9.17, 15) is 4.79 Å². The summed E-state index contributed by atoms with van der Waals surface area (Å²) < 4.78 is 0.891. The Hall–Kier alpha value is -1.38. The number of thiophene rings is 1. The average molecular weight is 397 g/mol. The lowest BCUT2D eigenvalue weighted by molar-refractivity contribution is -0.120. The van der Waals surface area contributed by atoms with Crippen LogP contribution < -0.4 is 5.32 Å². The molecule has 22 heavy (non-hydrogen) atoms. The van der Waals surface area contributed by atoms with Gasteiger partial charge in [0.05, 0.1) is 17.3 Å². The van der Waals surface area contributed by atoms with Crippen LogP contribution in [0.4, 0.5) is 0 Å². The number of hydrogen-bond donors (Lipinski definition) is 2. The summed E-state index contributed by atoms with van der Waals surface area (Å²) in [6.07, 6.45) is 1.70. The number of H-pyrrole nitrogens is 1. The van der Waals surface area contributed by atoms with Crippen LogP contribution >= 0.6 is 39.0 Å². The topological polar surface area (TPSA) is 70.7 Å². The highest BCUT2D eigenvalue weighted by atomic mass is 79.9. The fourth-order valence-corrected chi connectivity index (χ4v) is 3.67. The van der Waals surface area contributed by atoms with Crippen LogP contribution in [0.1, 0.15) is 11.8 Å². The first-order valence-electron chi connectivity index (χ1n) is 6.60. The lowest BCUT2D eigenvalue weighted by atomic mass is 10.4. The van der Waals surface area contributed by atoms with E-state index in [4.69, 9.17) is 0 Å². The van der Waals surface area contributed by atoms with E-state index in [-0.39, 0.29) is 11.2 Å². The van der Waals surface area contributed by atoms with Crippen LogP contribution in [0, 0.1) is 0 Å². The SMILES string of the molecule is C[C@@H](Sc1nc2ncc(Br)cc2[nH]1)C(=O)NCc1cccs1.